The van der Waals surface area contributed by atoms with E-state index in [1.807, 2.05) is 19.1 Å². The first-order valence-corrected chi connectivity index (χ1v) is 5.07. The fraction of sp³-hybridized carbons (Fsp3) is 0.250. The number of aryl methyl sites for hydroxylation is 1. The lowest BCUT2D eigenvalue weighted by Crippen LogP contribution is -2.05. The van der Waals surface area contributed by atoms with E-state index in [4.69, 9.17) is 10.2 Å². The molecular formula is C12H13NO3. The summed E-state index contributed by atoms with van der Waals surface area (Å²) in [5, 5.41) is 19.0. The first-order chi connectivity index (χ1) is 7.63. The van der Waals surface area contributed by atoms with Crippen LogP contribution in [0.15, 0.2) is 24.4 Å². The predicted molar refractivity (Wildman–Crippen MR) is 60.7 cm³/mol. The fourth-order valence-electron chi connectivity index (χ4n) is 1.96. The summed E-state index contributed by atoms with van der Waals surface area (Å²) in [6, 6.07) is 5.46. The van der Waals surface area contributed by atoms with E-state index < -0.39 is 5.97 Å². The van der Waals surface area contributed by atoms with Gasteiger partial charge in [-0.1, -0.05) is 0 Å². The van der Waals surface area contributed by atoms with Gasteiger partial charge in [-0.05, 0) is 30.7 Å². The summed E-state index contributed by atoms with van der Waals surface area (Å²) in [5.74, 6) is -0.938. The van der Waals surface area contributed by atoms with E-state index in [0.29, 0.717) is 12.1 Å². The largest absolute Gasteiger partial charge is 0.478 e. The number of nitrogens with zero attached hydrogens (tertiary/aromatic N) is 1. The fourth-order valence-corrected chi connectivity index (χ4v) is 1.96. The predicted octanol–water partition coefficient (Wildman–Crippen LogP) is 1.64. The van der Waals surface area contributed by atoms with Crippen LogP contribution in [0.25, 0.3) is 10.9 Å². The lowest BCUT2D eigenvalue weighted by Gasteiger charge is -2.06. The van der Waals surface area contributed by atoms with E-state index in [1.54, 1.807) is 16.8 Å². The number of aliphatic hydroxyl groups excluding tert-OH is 1. The van der Waals surface area contributed by atoms with Crippen LogP contribution in [0, 0.1) is 6.92 Å². The van der Waals surface area contributed by atoms with E-state index in [1.165, 1.54) is 0 Å². The Morgan fingerprint density at radius 3 is 2.81 bits per heavy atom. The topological polar surface area (TPSA) is 62.5 Å². The van der Waals surface area contributed by atoms with Crippen molar-refractivity contribution in [3.05, 3.63) is 35.5 Å². The van der Waals surface area contributed by atoms with Crippen LogP contribution >= 0.6 is 0 Å². The Hall–Kier alpha value is -1.81. The molecule has 1 aromatic carbocycles. The van der Waals surface area contributed by atoms with Crippen LogP contribution in [-0.4, -0.2) is 27.4 Å². The molecule has 1 heterocycles. The zero-order valence-electron chi connectivity index (χ0n) is 8.97. The number of aromatic nitrogens is 1. The van der Waals surface area contributed by atoms with Gasteiger partial charge >= 0.3 is 5.97 Å². The normalized spacial score (nSPS) is 10.9. The summed E-state index contributed by atoms with van der Waals surface area (Å²) < 4.78 is 1.76. The number of benzene rings is 1. The van der Waals surface area contributed by atoms with E-state index in [2.05, 4.69) is 0 Å². The highest BCUT2D eigenvalue weighted by Gasteiger charge is 2.12. The molecule has 0 radical (unpaired) electrons. The SMILES string of the molecule is Cc1cc(C(=O)O)c2c(ccn2CCO)c1. The molecule has 0 spiro atoms. The van der Waals surface area contributed by atoms with Crippen molar-refractivity contribution in [1.82, 2.24) is 4.57 Å². The number of rotatable bonds is 3. The molecule has 2 rings (SSSR count). The summed E-state index contributed by atoms with van der Waals surface area (Å²) in [7, 11) is 0. The number of carboxylic acid groups (broad SMARTS) is 1. The lowest BCUT2D eigenvalue weighted by molar-refractivity contribution is 0.0698. The van der Waals surface area contributed by atoms with Crippen LogP contribution in [0.4, 0.5) is 0 Å². The Kier molecular flexibility index (Phi) is 2.66. The molecule has 0 bridgehead atoms. The first-order valence-electron chi connectivity index (χ1n) is 5.07. The molecule has 16 heavy (non-hydrogen) atoms. The molecule has 0 aliphatic rings. The highest BCUT2D eigenvalue weighted by molar-refractivity contribution is 6.02. The van der Waals surface area contributed by atoms with Crippen LogP contribution in [0.5, 0.6) is 0 Å². The number of carbonyl (C=O) groups is 1. The van der Waals surface area contributed by atoms with Gasteiger partial charge in [0.15, 0.2) is 0 Å². The minimum atomic E-state index is -0.938. The highest BCUT2D eigenvalue weighted by atomic mass is 16.4. The van der Waals surface area contributed by atoms with E-state index >= 15 is 0 Å². The van der Waals surface area contributed by atoms with Crippen LogP contribution in [-0.2, 0) is 6.54 Å². The Bertz CT molecular complexity index is 542. The molecule has 0 fully saturated rings. The summed E-state index contributed by atoms with van der Waals surface area (Å²) in [4.78, 5) is 11.1. The molecule has 84 valence electrons. The van der Waals surface area contributed by atoms with Crippen molar-refractivity contribution in [2.24, 2.45) is 0 Å². The van der Waals surface area contributed by atoms with Crippen molar-refractivity contribution in [2.45, 2.75) is 13.5 Å². The summed E-state index contributed by atoms with van der Waals surface area (Å²) in [5.41, 5.74) is 1.88. The molecule has 0 amide bonds. The van der Waals surface area contributed by atoms with Gasteiger partial charge in [0.25, 0.3) is 0 Å². The monoisotopic (exact) mass is 219 g/mol. The molecule has 1 aromatic heterocycles. The van der Waals surface area contributed by atoms with Gasteiger partial charge in [0.1, 0.15) is 0 Å². The molecule has 0 aliphatic heterocycles. The molecule has 2 N–H and O–H groups in total. The van der Waals surface area contributed by atoms with Gasteiger partial charge < -0.3 is 14.8 Å². The maximum absolute atomic E-state index is 11.1. The third kappa shape index (κ3) is 1.67. The number of fused-ring (bicyclic) bond motifs is 1. The summed E-state index contributed by atoms with van der Waals surface area (Å²) in [6.45, 7) is 2.28. The standard InChI is InChI=1S/C12H13NO3/c1-8-6-9-2-3-13(4-5-14)11(9)10(7-8)12(15)16/h2-3,6-7,14H,4-5H2,1H3,(H,15,16). The average Bonchev–Trinajstić information content (AvgIpc) is 2.60. The molecule has 4 heteroatoms. The molecular weight excluding hydrogens is 206 g/mol. The maximum Gasteiger partial charge on any atom is 0.337 e. The van der Waals surface area contributed by atoms with Crippen molar-refractivity contribution in [2.75, 3.05) is 6.61 Å². The van der Waals surface area contributed by atoms with Gasteiger partial charge in [0.05, 0.1) is 17.7 Å². The molecule has 0 atom stereocenters. The first kappa shape index (κ1) is 10.7. The Balaban J connectivity index is 2.74. The zero-order chi connectivity index (χ0) is 11.7. The van der Waals surface area contributed by atoms with Gasteiger partial charge in [-0.15, -0.1) is 0 Å². The van der Waals surface area contributed by atoms with Crippen molar-refractivity contribution >= 4 is 16.9 Å². The number of hydrogen-bond acceptors (Lipinski definition) is 2. The van der Waals surface area contributed by atoms with E-state index in [-0.39, 0.29) is 12.2 Å². The van der Waals surface area contributed by atoms with Crippen molar-refractivity contribution < 1.29 is 15.0 Å². The van der Waals surface area contributed by atoms with Crippen LogP contribution in [0.1, 0.15) is 15.9 Å². The number of hydrogen-bond donors (Lipinski definition) is 2. The van der Waals surface area contributed by atoms with Crippen LogP contribution in [0.3, 0.4) is 0 Å². The van der Waals surface area contributed by atoms with Crippen LogP contribution in [0.2, 0.25) is 0 Å². The molecule has 4 nitrogen and oxygen atoms in total. The van der Waals surface area contributed by atoms with E-state index in [0.717, 1.165) is 10.9 Å². The molecule has 0 unspecified atom stereocenters. The van der Waals surface area contributed by atoms with Crippen molar-refractivity contribution in [1.29, 1.82) is 0 Å². The number of aromatic carboxylic acids is 1. The van der Waals surface area contributed by atoms with Gasteiger partial charge in [0.2, 0.25) is 0 Å². The second-order valence-corrected chi connectivity index (χ2v) is 3.79. The molecule has 2 aromatic rings. The lowest BCUT2D eigenvalue weighted by atomic mass is 10.1. The number of aliphatic hydroxyl groups is 1. The quantitative estimate of drug-likeness (QED) is 0.824. The Labute approximate surface area is 92.7 Å². The second-order valence-electron chi connectivity index (χ2n) is 3.79. The van der Waals surface area contributed by atoms with Crippen molar-refractivity contribution in [3.8, 4) is 0 Å². The van der Waals surface area contributed by atoms with Gasteiger partial charge in [-0.3, -0.25) is 0 Å². The smallest absolute Gasteiger partial charge is 0.337 e. The zero-order valence-corrected chi connectivity index (χ0v) is 8.97. The van der Waals surface area contributed by atoms with E-state index in [9.17, 15) is 4.79 Å². The van der Waals surface area contributed by atoms with Crippen LogP contribution < -0.4 is 0 Å². The maximum atomic E-state index is 11.1. The average molecular weight is 219 g/mol. The molecule has 0 aliphatic carbocycles. The third-order valence-electron chi connectivity index (χ3n) is 2.58. The minimum absolute atomic E-state index is 0.00326. The van der Waals surface area contributed by atoms with Gasteiger partial charge in [-0.25, -0.2) is 4.79 Å². The molecule has 0 saturated heterocycles. The molecule has 0 saturated carbocycles. The van der Waals surface area contributed by atoms with Crippen molar-refractivity contribution in [3.63, 3.8) is 0 Å². The number of carboxylic acids is 1. The minimum Gasteiger partial charge on any atom is -0.478 e. The van der Waals surface area contributed by atoms with Gasteiger partial charge in [0, 0.05) is 18.1 Å². The summed E-state index contributed by atoms with van der Waals surface area (Å²) in [6.07, 6.45) is 1.80. The second kappa shape index (κ2) is 3.98. The third-order valence-corrected chi connectivity index (χ3v) is 2.58. The highest BCUT2D eigenvalue weighted by Crippen LogP contribution is 2.22. The Morgan fingerprint density at radius 2 is 2.19 bits per heavy atom. The summed E-state index contributed by atoms with van der Waals surface area (Å²) >= 11 is 0. The Morgan fingerprint density at radius 1 is 1.44 bits per heavy atom. The van der Waals surface area contributed by atoms with Gasteiger partial charge in [-0.2, -0.15) is 0 Å².